The van der Waals surface area contributed by atoms with Gasteiger partial charge in [0.15, 0.2) is 5.75 Å². The van der Waals surface area contributed by atoms with Crippen molar-refractivity contribution in [1.82, 2.24) is 9.88 Å². The summed E-state index contributed by atoms with van der Waals surface area (Å²) in [7, 11) is 0. The number of ether oxygens (including phenoxy) is 2. The van der Waals surface area contributed by atoms with Gasteiger partial charge in [0.05, 0.1) is 27.5 Å². The number of nitrogens with zero attached hydrogens (tertiary/aromatic N) is 3. The van der Waals surface area contributed by atoms with Crippen molar-refractivity contribution in [3.63, 3.8) is 0 Å². The van der Waals surface area contributed by atoms with E-state index in [9.17, 15) is 10.1 Å². The van der Waals surface area contributed by atoms with E-state index in [2.05, 4.69) is 23.2 Å². The van der Waals surface area contributed by atoms with Crippen LogP contribution in [0.5, 0.6) is 11.5 Å². The number of aryl methyl sites for hydroxylation is 1. The van der Waals surface area contributed by atoms with Crippen molar-refractivity contribution >= 4 is 40.0 Å². The molecule has 9 heteroatoms. The lowest BCUT2D eigenvalue weighted by Crippen LogP contribution is -2.41. The summed E-state index contributed by atoms with van der Waals surface area (Å²) in [5, 5.41) is 11.3. The minimum atomic E-state index is -0.351. The fraction of sp³-hybridized carbons (Fsp3) is 0.361. The van der Waals surface area contributed by atoms with Crippen molar-refractivity contribution in [3.8, 4) is 17.6 Å². The van der Waals surface area contributed by atoms with Gasteiger partial charge in [0, 0.05) is 36.6 Å². The number of halogens is 2. The van der Waals surface area contributed by atoms with E-state index in [0.29, 0.717) is 47.5 Å². The van der Waals surface area contributed by atoms with Crippen molar-refractivity contribution in [2.24, 2.45) is 17.6 Å². The predicted octanol–water partition coefficient (Wildman–Crippen LogP) is 7.32. The first-order chi connectivity index (χ1) is 21.7. The third-order valence-corrected chi connectivity index (χ3v) is 8.56. The zero-order valence-electron chi connectivity index (χ0n) is 25.6. The fourth-order valence-corrected chi connectivity index (χ4v) is 6.28. The van der Waals surface area contributed by atoms with Crippen LogP contribution >= 0.6 is 23.2 Å². The second kappa shape index (κ2) is 15.0. The van der Waals surface area contributed by atoms with Crippen LogP contribution in [0, 0.1) is 30.1 Å². The van der Waals surface area contributed by atoms with Crippen LogP contribution in [0.25, 0.3) is 10.9 Å². The standard InChI is InChI=1S/C36H38Cl2N4O3/c1-23-15-32(37)35(33(38)16-23)45-13-12-44-31-9-5-25(6-10-31)17-28(21-40)36(43)42(30-7-8-30)22-29-19-26(14-24(2)20-39)18-27-4-3-11-41-34(27)29/h3-6,9-11,15-16,18-19,24,28,30H,7-8,12-14,17,21-22,40H2,1-2H3. The quantitative estimate of drug-likeness (QED) is 0.144. The van der Waals surface area contributed by atoms with Gasteiger partial charge in [-0.25, -0.2) is 0 Å². The first-order valence-corrected chi connectivity index (χ1v) is 16.1. The largest absolute Gasteiger partial charge is 0.490 e. The number of benzene rings is 3. The van der Waals surface area contributed by atoms with Crippen LogP contribution in [0.4, 0.5) is 0 Å². The molecule has 2 atom stereocenters. The Morgan fingerprint density at radius 1 is 1.04 bits per heavy atom. The van der Waals surface area contributed by atoms with Gasteiger partial charge in [-0.3, -0.25) is 9.78 Å². The monoisotopic (exact) mass is 644 g/mol. The number of fused-ring (bicyclic) bond motifs is 1. The van der Waals surface area contributed by atoms with Crippen LogP contribution in [0.15, 0.2) is 66.9 Å². The molecule has 1 heterocycles. The molecule has 2 unspecified atom stereocenters. The van der Waals surface area contributed by atoms with E-state index in [1.54, 1.807) is 6.20 Å². The molecule has 1 amide bonds. The summed E-state index contributed by atoms with van der Waals surface area (Å²) in [6, 6.07) is 22.0. The van der Waals surface area contributed by atoms with Gasteiger partial charge in [0.1, 0.15) is 19.0 Å². The number of aromatic nitrogens is 1. The summed E-state index contributed by atoms with van der Waals surface area (Å²) in [6.45, 7) is 5.17. The molecule has 5 rings (SSSR count). The highest BCUT2D eigenvalue weighted by Gasteiger charge is 2.36. The van der Waals surface area contributed by atoms with E-state index in [1.165, 1.54) is 0 Å². The smallest absolute Gasteiger partial charge is 0.227 e. The molecule has 45 heavy (non-hydrogen) atoms. The van der Waals surface area contributed by atoms with Gasteiger partial charge in [0.2, 0.25) is 5.91 Å². The molecule has 1 fully saturated rings. The Hall–Kier alpha value is -3.83. The second-order valence-electron chi connectivity index (χ2n) is 11.8. The molecule has 0 saturated heterocycles. The average molecular weight is 646 g/mol. The number of nitrogens with two attached hydrogens (primary N) is 1. The van der Waals surface area contributed by atoms with Crippen molar-refractivity contribution in [2.45, 2.75) is 52.1 Å². The zero-order chi connectivity index (χ0) is 31.9. The van der Waals surface area contributed by atoms with E-state index in [4.69, 9.17) is 38.4 Å². The first-order valence-electron chi connectivity index (χ1n) is 15.3. The number of nitriles is 1. The van der Waals surface area contributed by atoms with Gasteiger partial charge in [-0.2, -0.15) is 5.26 Å². The van der Waals surface area contributed by atoms with E-state index in [1.807, 2.05) is 67.3 Å². The van der Waals surface area contributed by atoms with Crippen LogP contribution in [0.2, 0.25) is 10.0 Å². The highest BCUT2D eigenvalue weighted by molar-refractivity contribution is 6.37. The Morgan fingerprint density at radius 3 is 2.42 bits per heavy atom. The molecule has 0 radical (unpaired) electrons. The number of carbonyl (C=O) groups is 1. The van der Waals surface area contributed by atoms with Crippen molar-refractivity contribution in [1.29, 1.82) is 5.26 Å². The van der Waals surface area contributed by atoms with E-state index < -0.39 is 0 Å². The van der Waals surface area contributed by atoms with Crippen molar-refractivity contribution < 1.29 is 14.3 Å². The molecular weight excluding hydrogens is 607 g/mol. The molecule has 0 aliphatic heterocycles. The third-order valence-electron chi connectivity index (χ3n) is 8.00. The first kappa shape index (κ1) is 32.6. The number of pyridine rings is 1. The Bertz CT molecular complexity index is 1660. The summed E-state index contributed by atoms with van der Waals surface area (Å²) in [5.41, 5.74) is 11.1. The van der Waals surface area contributed by atoms with Crippen molar-refractivity contribution in [3.05, 3.63) is 99.2 Å². The van der Waals surface area contributed by atoms with Gasteiger partial charge in [-0.05, 0) is 98.2 Å². The van der Waals surface area contributed by atoms with Crippen LogP contribution in [0.3, 0.4) is 0 Å². The number of rotatable bonds is 14. The van der Waals surface area contributed by atoms with Gasteiger partial charge in [-0.15, -0.1) is 0 Å². The van der Waals surface area contributed by atoms with Crippen LogP contribution < -0.4 is 15.2 Å². The normalized spacial score (nSPS) is 14.0. The molecule has 1 saturated carbocycles. The molecule has 4 aromatic rings. The Kier molecular flexibility index (Phi) is 10.8. The predicted molar refractivity (Wildman–Crippen MR) is 179 cm³/mol. The maximum atomic E-state index is 14.0. The number of amides is 1. The molecular formula is C36H38Cl2N4O3. The fourth-order valence-electron chi connectivity index (χ4n) is 5.57. The average Bonchev–Trinajstić information content (AvgIpc) is 3.87. The highest BCUT2D eigenvalue weighted by Crippen LogP contribution is 2.34. The third kappa shape index (κ3) is 8.46. The zero-order valence-corrected chi connectivity index (χ0v) is 27.2. The molecule has 234 valence electrons. The molecule has 0 bridgehead atoms. The Labute approximate surface area is 274 Å². The van der Waals surface area contributed by atoms with Gasteiger partial charge in [-0.1, -0.05) is 47.5 Å². The second-order valence-corrected chi connectivity index (χ2v) is 12.6. The highest BCUT2D eigenvalue weighted by atomic mass is 35.5. The van der Waals surface area contributed by atoms with Crippen LogP contribution in [-0.2, 0) is 24.2 Å². The molecule has 1 aliphatic carbocycles. The molecule has 7 nitrogen and oxygen atoms in total. The maximum Gasteiger partial charge on any atom is 0.227 e. The SMILES string of the molecule is Cc1cc(Cl)c(OCCOc2ccc(CC(CN)C(=O)N(Cc3cc(CC(C)C#N)cc4cccnc34)C3CC3)cc2)c(Cl)c1. The molecule has 3 aromatic carbocycles. The summed E-state index contributed by atoms with van der Waals surface area (Å²) < 4.78 is 11.6. The van der Waals surface area contributed by atoms with Gasteiger partial charge < -0.3 is 20.1 Å². The lowest BCUT2D eigenvalue weighted by molar-refractivity contribution is -0.136. The summed E-state index contributed by atoms with van der Waals surface area (Å²) in [6.07, 6.45) is 4.94. The van der Waals surface area contributed by atoms with Gasteiger partial charge in [0.25, 0.3) is 0 Å². The molecule has 0 spiro atoms. The number of carbonyl (C=O) groups excluding carboxylic acids is 1. The Balaban J connectivity index is 1.22. The Morgan fingerprint density at radius 2 is 1.76 bits per heavy atom. The summed E-state index contributed by atoms with van der Waals surface area (Å²) >= 11 is 12.5. The minimum absolute atomic E-state index is 0.0609. The molecule has 1 aliphatic rings. The lowest BCUT2D eigenvalue weighted by Gasteiger charge is -2.28. The van der Waals surface area contributed by atoms with Gasteiger partial charge >= 0.3 is 0 Å². The van der Waals surface area contributed by atoms with Crippen LogP contribution in [0.1, 0.15) is 42.0 Å². The number of hydrogen-bond acceptors (Lipinski definition) is 6. The number of hydrogen-bond donors (Lipinski definition) is 1. The topological polar surface area (TPSA) is 101 Å². The molecule has 1 aromatic heterocycles. The summed E-state index contributed by atoms with van der Waals surface area (Å²) in [5.74, 6) is 0.758. The molecule has 2 N–H and O–H groups in total. The van der Waals surface area contributed by atoms with E-state index in [-0.39, 0.29) is 36.9 Å². The van der Waals surface area contributed by atoms with E-state index in [0.717, 1.165) is 46.0 Å². The van der Waals surface area contributed by atoms with Crippen LogP contribution in [-0.4, -0.2) is 41.6 Å². The van der Waals surface area contributed by atoms with E-state index >= 15 is 0 Å². The lowest BCUT2D eigenvalue weighted by atomic mass is 9.96. The summed E-state index contributed by atoms with van der Waals surface area (Å²) in [4.78, 5) is 20.6. The maximum absolute atomic E-state index is 14.0. The minimum Gasteiger partial charge on any atom is -0.490 e. The van der Waals surface area contributed by atoms with Crippen molar-refractivity contribution in [2.75, 3.05) is 19.8 Å².